The highest BCUT2D eigenvalue weighted by Gasteiger charge is 2.61. The van der Waals surface area contributed by atoms with Crippen LogP contribution in [0.15, 0.2) is 17.1 Å². The minimum absolute atomic E-state index is 0.143. The molecule has 0 aromatic heterocycles. The minimum Gasteiger partial charge on any atom is -0.493 e. The topological polar surface area (TPSA) is 102 Å². The summed E-state index contributed by atoms with van der Waals surface area (Å²) in [6, 6.07) is 3.29. The van der Waals surface area contributed by atoms with Crippen molar-refractivity contribution in [2.24, 2.45) is 4.99 Å². The number of rotatable bonds is 8. The van der Waals surface area contributed by atoms with E-state index >= 15 is 0 Å². The Morgan fingerprint density at radius 1 is 1.08 bits per heavy atom. The summed E-state index contributed by atoms with van der Waals surface area (Å²) in [6.45, 7) is 14.6. The Bertz CT molecular complexity index is 1090. The lowest BCUT2D eigenvalue weighted by Crippen LogP contribution is -2.63. The molecular formula is C26H37NO8Si. The number of esters is 2. The minimum atomic E-state index is -2.51. The van der Waals surface area contributed by atoms with Gasteiger partial charge in [0.05, 0.1) is 33.6 Å². The molecule has 1 aromatic rings. The van der Waals surface area contributed by atoms with Crippen LogP contribution in [0.2, 0.25) is 19.6 Å². The number of ether oxygens (including phenoxy) is 5. The van der Waals surface area contributed by atoms with E-state index in [1.165, 1.54) is 21.3 Å². The van der Waals surface area contributed by atoms with E-state index in [0.717, 1.165) is 0 Å². The molecule has 1 heterocycles. The highest BCUT2D eigenvalue weighted by atomic mass is 28.4. The number of cyclic esters (lactones) is 1. The van der Waals surface area contributed by atoms with Gasteiger partial charge in [-0.15, -0.1) is 0 Å². The summed E-state index contributed by atoms with van der Waals surface area (Å²) in [5.74, 6) is 5.05. The zero-order valence-electron chi connectivity index (χ0n) is 23.1. The third kappa shape index (κ3) is 5.52. The molecule has 1 aliphatic rings. The molecule has 0 fully saturated rings. The zero-order valence-corrected chi connectivity index (χ0v) is 24.1. The summed E-state index contributed by atoms with van der Waals surface area (Å²) >= 11 is 0. The first-order valence-corrected chi connectivity index (χ1v) is 15.0. The Hall–Kier alpha value is -3.03. The van der Waals surface area contributed by atoms with E-state index in [1.54, 1.807) is 46.8 Å². The summed E-state index contributed by atoms with van der Waals surface area (Å²) in [5.41, 5.74) is -3.45. The van der Waals surface area contributed by atoms with Crippen molar-refractivity contribution in [1.82, 2.24) is 0 Å². The third-order valence-electron chi connectivity index (χ3n) is 5.84. The third-order valence-corrected chi connectivity index (χ3v) is 6.76. The van der Waals surface area contributed by atoms with Crippen molar-refractivity contribution in [2.75, 3.05) is 27.9 Å². The van der Waals surface area contributed by atoms with Gasteiger partial charge in [0.25, 0.3) is 0 Å². The molecule has 10 heteroatoms. The first-order valence-electron chi connectivity index (χ1n) is 11.6. The van der Waals surface area contributed by atoms with Crippen molar-refractivity contribution in [1.29, 1.82) is 0 Å². The number of benzene rings is 1. The highest BCUT2D eigenvalue weighted by Crippen LogP contribution is 2.49. The fourth-order valence-electron chi connectivity index (χ4n) is 3.85. The molecule has 1 aromatic carbocycles. The van der Waals surface area contributed by atoms with E-state index in [9.17, 15) is 9.59 Å². The van der Waals surface area contributed by atoms with Crippen LogP contribution in [0.1, 0.15) is 40.2 Å². The molecule has 0 N–H and O–H groups in total. The monoisotopic (exact) mass is 519 g/mol. The van der Waals surface area contributed by atoms with Gasteiger partial charge in [0.2, 0.25) is 5.75 Å². The first kappa shape index (κ1) is 29.2. The van der Waals surface area contributed by atoms with Crippen LogP contribution in [0.4, 0.5) is 0 Å². The van der Waals surface area contributed by atoms with Crippen molar-refractivity contribution in [3.63, 3.8) is 0 Å². The summed E-state index contributed by atoms with van der Waals surface area (Å²) < 4.78 is 34.3. The van der Waals surface area contributed by atoms with Gasteiger partial charge < -0.3 is 28.1 Å². The van der Waals surface area contributed by atoms with Crippen LogP contribution in [0.5, 0.6) is 17.2 Å². The summed E-state index contributed by atoms with van der Waals surface area (Å²) in [5, 5.41) is 0. The molecule has 0 saturated carbocycles. The van der Waals surface area contributed by atoms with E-state index in [-0.39, 0.29) is 6.61 Å². The molecule has 198 valence electrons. The van der Waals surface area contributed by atoms with E-state index in [1.807, 2.05) is 19.6 Å². The first-order chi connectivity index (χ1) is 16.6. The Balaban J connectivity index is 3.09. The molecule has 2 rings (SSSR count). The van der Waals surface area contributed by atoms with Crippen molar-refractivity contribution in [3.8, 4) is 29.1 Å². The van der Waals surface area contributed by atoms with E-state index in [0.29, 0.717) is 28.5 Å². The summed E-state index contributed by atoms with van der Waals surface area (Å²) in [4.78, 5) is 31.0. The maximum absolute atomic E-state index is 13.7. The normalized spacial score (nSPS) is 20.6. The molecule has 36 heavy (non-hydrogen) atoms. The standard InChI is InChI=1S/C26H37NO8Si/c1-12-33-21(28)13-14-26(35-36(9,10)11,25(5)23(29)34-24(3,4)17(2)27-25)18-15-19(30-6)22(32-8)20(16-18)31-7/h15-16H,12H2,1-11H3. The van der Waals surface area contributed by atoms with Crippen LogP contribution in [0.3, 0.4) is 0 Å². The van der Waals surface area contributed by atoms with Crippen LogP contribution >= 0.6 is 0 Å². The average Bonchev–Trinajstić information content (AvgIpc) is 2.78. The molecule has 2 unspecified atom stereocenters. The van der Waals surface area contributed by atoms with Gasteiger partial charge in [0.1, 0.15) is 5.60 Å². The Morgan fingerprint density at radius 2 is 1.64 bits per heavy atom. The van der Waals surface area contributed by atoms with Gasteiger partial charge in [-0.05, 0) is 72.3 Å². The lowest BCUT2D eigenvalue weighted by molar-refractivity contribution is -0.167. The van der Waals surface area contributed by atoms with Crippen molar-refractivity contribution in [2.45, 2.75) is 71.0 Å². The Morgan fingerprint density at radius 3 is 2.08 bits per heavy atom. The average molecular weight is 520 g/mol. The molecule has 1 aliphatic heterocycles. The number of hydrogen-bond donors (Lipinski definition) is 0. The smallest absolute Gasteiger partial charge is 0.384 e. The van der Waals surface area contributed by atoms with Gasteiger partial charge in [-0.2, -0.15) is 0 Å². The number of methoxy groups -OCH3 is 3. The maximum atomic E-state index is 13.7. The molecule has 0 saturated heterocycles. The number of aliphatic imine (C=N–C) groups is 1. The molecule has 0 bridgehead atoms. The largest absolute Gasteiger partial charge is 0.493 e. The molecule has 0 aliphatic carbocycles. The van der Waals surface area contributed by atoms with Crippen LogP contribution in [0.25, 0.3) is 0 Å². The van der Waals surface area contributed by atoms with Crippen LogP contribution in [-0.4, -0.2) is 65.0 Å². The molecule has 0 spiro atoms. The second kappa shape index (κ2) is 10.5. The number of hydrogen-bond acceptors (Lipinski definition) is 9. The van der Waals surface area contributed by atoms with Crippen LogP contribution < -0.4 is 14.2 Å². The fraction of sp³-hybridized carbons (Fsp3) is 0.577. The molecule has 9 nitrogen and oxygen atoms in total. The lowest BCUT2D eigenvalue weighted by Gasteiger charge is -2.48. The van der Waals surface area contributed by atoms with Gasteiger partial charge in [-0.3, -0.25) is 4.99 Å². The van der Waals surface area contributed by atoms with Gasteiger partial charge in [0.15, 0.2) is 31.0 Å². The van der Waals surface area contributed by atoms with Gasteiger partial charge in [0, 0.05) is 11.5 Å². The van der Waals surface area contributed by atoms with E-state index < -0.39 is 37.0 Å². The Labute approximate surface area is 214 Å². The Kier molecular flexibility index (Phi) is 8.54. The van der Waals surface area contributed by atoms with E-state index in [2.05, 4.69) is 11.8 Å². The highest BCUT2D eigenvalue weighted by molar-refractivity contribution is 6.69. The van der Waals surface area contributed by atoms with Crippen molar-refractivity contribution >= 4 is 26.0 Å². The quantitative estimate of drug-likeness (QED) is 0.221. The van der Waals surface area contributed by atoms with Crippen molar-refractivity contribution < 1.29 is 37.7 Å². The second-order valence-corrected chi connectivity index (χ2v) is 14.4. The lowest BCUT2D eigenvalue weighted by atomic mass is 9.75. The van der Waals surface area contributed by atoms with Crippen LogP contribution in [-0.2, 0) is 29.1 Å². The molecule has 2 atom stereocenters. The number of nitrogens with zero attached hydrogens (tertiary/aromatic N) is 1. The van der Waals surface area contributed by atoms with Crippen molar-refractivity contribution in [3.05, 3.63) is 17.7 Å². The predicted molar refractivity (Wildman–Crippen MR) is 138 cm³/mol. The van der Waals surface area contributed by atoms with E-state index in [4.69, 9.17) is 33.1 Å². The SMILES string of the molecule is CCOC(=O)C#CC(O[Si](C)(C)C)(c1cc(OC)c(OC)c(OC)c1)C1(C)N=C(C)C(C)(C)OC1=O. The number of carbonyl (C=O) groups is 2. The summed E-state index contributed by atoms with van der Waals surface area (Å²) in [7, 11) is 1.94. The molecular weight excluding hydrogens is 482 g/mol. The molecule has 0 amide bonds. The summed E-state index contributed by atoms with van der Waals surface area (Å²) in [6.07, 6.45) is 0. The molecule has 0 radical (unpaired) electrons. The van der Waals surface area contributed by atoms with Gasteiger partial charge in [-0.1, -0.05) is 0 Å². The second-order valence-electron chi connectivity index (χ2n) is 9.95. The number of carbonyl (C=O) groups excluding carboxylic acids is 2. The fourth-order valence-corrected chi connectivity index (χ4v) is 5.14. The predicted octanol–water partition coefficient (Wildman–Crippen LogP) is 3.88. The zero-order chi connectivity index (χ0) is 27.5. The van der Waals surface area contributed by atoms with Gasteiger partial charge in [-0.25, -0.2) is 9.59 Å². The van der Waals surface area contributed by atoms with Gasteiger partial charge >= 0.3 is 11.9 Å². The van der Waals surface area contributed by atoms with Crippen LogP contribution in [0, 0.1) is 11.8 Å². The maximum Gasteiger partial charge on any atom is 0.384 e.